The number of thiazole rings is 1. The fourth-order valence-electron chi connectivity index (χ4n) is 1.39. The first kappa shape index (κ1) is 10.2. The number of hydrogen-bond donors (Lipinski definition) is 2. The maximum Gasteiger partial charge on any atom is 0.183 e. The van der Waals surface area contributed by atoms with Crippen molar-refractivity contribution < 1.29 is 0 Å². The van der Waals surface area contributed by atoms with E-state index < -0.39 is 0 Å². The zero-order valence-corrected chi connectivity index (χ0v) is 9.60. The summed E-state index contributed by atoms with van der Waals surface area (Å²) in [6, 6.07) is 5.82. The van der Waals surface area contributed by atoms with E-state index >= 15 is 0 Å². The van der Waals surface area contributed by atoms with Gasteiger partial charge in [-0.2, -0.15) is 0 Å². The largest absolute Gasteiger partial charge is 0.399 e. The normalized spacial score (nSPS) is 10.7. The molecule has 0 aliphatic heterocycles. The monoisotopic (exact) mass is 221 g/mol. The van der Waals surface area contributed by atoms with Crippen LogP contribution in [0, 0.1) is 0 Å². The zero-order chi connectivity index (χ0) is 10.7. The highest BCUT2D eigenvalue weighted by atomic mass is 32.1. The van der Waals surface area contributed by atoms with E-state index in [9.17, 15) is 0 Å². The topological polar surface area (TPSA) is 50.9 Å². The maximum absolute atomic E-state index is 5.71. The molecule has 0 saturated heterocycles. The van der Waals surface area contributed by atoms with Crippen LogP contribution < -0.4 is 11.1 Å². The average molecular weight is 221 g/mol. The van der Waals surface area contributed by atoms with Gasteiger partial charge in [0, 0.05) is 12.2 Å². The molecule has 0 atom stereocenters. The summed E-state index contributed by atoms with van der Waals surface area (Å²) in [7, 11) is 0. The number of benzene rings is 1. The van der Waals surface area contributed by atoms with Crippen LogP contribution in [0.2, 0.25) is 0 Å². The molecule has 0 bridgehead atoms. The Hall–Kier alpha value is -1.29. The Morgan fingerprint density at radius 3 is 3.13 bits per heavy atom. The number of aromatic nitrogens is 1. The number of nitrogens with two attached hydrogens (primary N) is 1. The first-order chi connectivity index (χ1) is 7.29. The molecule has 0 aliphatic rings. The Labute approximate surface area is 93.3 Å². The van der Waals surface area contributed by atoms with Gasteiger partial charge in [0.05, 0.1) is 10.2 Å². The third-order valence-electron chi connectivity index (χ3n) is 2.22. The minimum Gasteiger partial charge on any atom is -0.399 e. The van der Waals surface area contributed by atoms with Crippen LogP contribution in [0.3, 0.4) is 0 Å². The smallest absolute Gasteiger partial charge is 0.183 e. The molecule has 2 aromatic rings. The molecule has 1 heterocycles. The quantitative estimate of drug-likeness (QED) is 0.616. The van der Waals surface area contributed by atoms with Crippen molar-refractivity contribution in [2.45, 2.75) is 19.8 Å². The summed E-state index contributed by atoms with van der Waals surface area (Å²) in [6.45, 7) is 3.17. The molecule has 0 aliphatic carbocycles. The van der Waals surface area contributed by atoms with Gasteiger partial charge in [0.1, 0.15) is 0 Å². The Balaban J connectivity index is 2.16. The fourth-order valence-corrected chi connectivity index (χ4v) is 2.33. The lowest BCUT2D eigenvalue weighted by atomic mass is 10.3. The van der Waals surface area contributed by atoms with Crippen molar-refractivity contribution in [2.24, 2.45) is 0 Å². The highest BCUT2D eigenvalue weighted by molar-refractivity contribution is 7.22. The standard InChI is InChI=1S/C11H15N3S/c1-2-3-6-13-11-14-9-5-4-8(12)7-10(9)15-11/h4-5,7H,2-3,6,12H2,1H3,(H,13,14). The lowest BCUT2D eigenvalue weighted by Gasteiger charge is -1.98. The minimum absolute atomic E-state index is 0.797. The molecule has 0 radical (unpaired) electrons. The molecule has 80 valence electrons. The van der Waals surface area contributed by atoms with Crippen molar-refractivity contribution in [3.05, 3.63) is 18.2 Å². The van der Waals surface area contributed by atoms with Gasteiger partial charge in [0.2, 0.25) is 0 Å². The molecular formula is C11H15N3S. The van der Waals surface area contributed by atoms with Crippen LogP contribution in [0.5, 0.6) is 0 Å². The molecule has 0 amide bonds. The second-order valence-corrected chi connectivity index (χ2v) is 4.56. The number of nitrogen functional groups attached to an aromatic ring is 1. The van der Waals surface area contributed by atoms with Gasteiger partial charge >= 0.3 is 0 Å². The predicted octanol–water partition coefficient (Wildman–Crippen LogP) is 3.09. The van der Waals surface area contributed by atoms with E-state index in [1.807, 2.05) is 18.2 Å². The van der Waals surface area contributed by atoms with Gasteiger partial charge in [-0.05, 0) is 24.6 Å². The second-order valence-electron chi connectivity index (χ2n) is 3.53. The number of anilines is 2. The second kappa shape index (κ2) is 4.49. The molecule has 2 rings (SSSR count). The van der Waals surface area contributed by atoms with Crippen LogP contribution in [0.25, 0.3) is 10.2 Å². The summed E-state index contributed by atoms with van der Waals surface area (Å²) >= 11 is 1.66. The molecule has 1 aromatic heterocycles. The summed E-state index contributed by atoms with van der Waals surface area (Å²) < 4.78 is 1.15. The highest BCUT2D eigenvalue weighted by Gasteiger charge is 2.02. The molecule has 3 nitrogen and oxygen atoms in total. The molecule has 0 spiro atoms. The fraction of sp³-hybridized carbons (Fsp3) is 0.364. The van der Waals surface area contributed by atoms with E-state index in [1.54, 1.807) is 11.3 Å². The Bertz CT molecular complexity index is 450. The molecule has 15 heavy (non-hydrogen) atoms. The molecule has 0 fully saturated rings. The number of nitrogens with zero attached hydrogens (tertiary/aromatic N) is 1. The molecule has 3 N–H and O–H groups in total. The zero-order valence-electron chi connectivity index (χ0n) is 8.79. The van der Waals surface area contributed by atoms with Crippen molar-refractivity contribution in [3.63, 3.8) is 0 Å². The van der Waals surface area contributed by atoms with Gasteiger partial charge in [-0.3, -0.25) is 0 Å². The molecular weight excluding hydrogens is 206 g/mol. The minimum atomic E-state index is 0.797. The Kier molecular flexibility index (Phi) is 3.06. The first-order valence-electron chi connectivity index (χ1n) is 5.19. The summed E-state index contributed by atoms with van der Waals surface area (Å²) in [5.74, 6) is 0. The van der Waals surface area contributed by atoms with Gasteiger partial charge in [0.15, 0.2) is 5.13 Å². The van der Waals surface area contributed by atoms with Crippen molar-refractivity contribution in [3.8, 4) is 0 Å². The molecule has 0 unspecified atom stereocenters. The van der Waals surface area contributed by atoms with Crippen molar-refractivity contribution in [1.82, 2.24) is 4.98 Å². The summed E-state index contributed by atoms with van der Waals surface area (Å²) in [6.07, 6.45) is 2.38. The molecule has 1 aromatic carbocycles. The predicted molar refractivity (Wildman–Crippen MR) is 67.4 cm³/mol. The van der Waals surface area contributed by atoms with Crippen LogP contribution in [0.15, 0.2) is 18.2 Å². The van der Waals surface area contributed by atoms with Crippen LogP contribution in [-0.4, -0.2) is 11.5 Å². The van der Waals surface area contributed by atoms with Gasteiger partial charge < -0.3 is 11.1 Å². The highest BCUT2D eigenvalue weighted by Crippen LogP contribution is 2.27. The lowest BCUT2D eigenvalue weighted by molar-refractivity contribution is 0.834. The third kappa shape index (κ3) is 2.39. The summed E-state index contributed by atoms with van der Waals surface area (Å²) in [4.78, 5) is 4.48. The third-order valence-corrected chi connectivity index (χ3v) is 3.19. The van der Waals surface area contributed by atoms with Crippen LogP contribution in [0.4, 0.5) is 10.8 Å². The van der Waals surface area contributed by atoms with Crippen molar-refractivity contribution in [1.29, 1.82) is 0 Å². The van der Waals surface area contributed by atoms with E-state index in [1.165, 1.54) is 12.8 Å². The Morgan fingerprint density at radius 1 is 1.47 bits per heavy atom. The van der Waals surface area contributed by atoms with Crippen LogP contribution in [0.1, 0.15) is 19.8 Å². The van der Waals surface area contributed by atoms with Gasteiger partial charge in [0.25, 0.3) is 0 Å². The maximum atomic E-state index is 5.71. The van der Waals surface area contributed by atoms with Gasteiger partial charge in [-0.1, -0.05) is 24.7 Å². The van der Waals surface area contributed by atoms with Gasteiger partial charge in [-0.25, -0.2) is 4.98 Å². The number of nitrogens with one attached hydrogen (secondary N) is 1. The van der Waals surface area contributed by atoms with Crippen LogP contribution >= 0.6 is 11.3 Å². The van der Waals surface area contributed by atoms with Crippen LogP contribution in [-0.2, 0) is 0 Å². The molecule has 0 saturated carbocycles. The molecule has 4 heteroatoms. The number of hydrogen-bond acceptors (Lipinski definition) is 4. The Morgan fingerprint density at radius 2 is 2.33 bits per heavy atom. The number of rotatable bonds is 4. The van der Waals surface area contributed by atoms with E-state index in [4.69, 9.17) is 5.73 Å². The lowest BCUT2D eigenvalue weighted by Crippen LogP contribution is -1.99. The van der Waals surface area contributed by atoms with E-state index in [0.717, 1.165) is 27.6 Å². The first-order valence-corrected chi connectivity index (χ1v) is 6.01. The van der Waals surface area contributed by atoms with E-state index in [2.05, 4.69) is 17.2 Å². The van der Waals surface area contributed by atoms with Crippen molar-refractivity contribution >= 4 is 32.4 Å². The van der Waals surface area contributed by atoms with Gasteiger partial charge in [-0.15, -0.1) is 0 Å². The van der Waals surface area contributed by atoms with E-state index in [0.29, 0.717) is 0 Å². The average Bonchev–Trinajstić information content (AvgIpc) is 2.60. The SMILES string of the molecule is CCCCNc1nc2ccc(N)cc2s1. The number of fused-ring (bicyclic) bond motifs is 1. The van der Waals surface area contributed by atoms with E-state index in [-0.39, 0.29) is 0 Å². The van der Waals surface area contributed by atoms with Crippen molar-refractivity contribution in [2.75, 3.05) is 17.6 Å². The number of unbranched alkanes of at least 4 members (excludes halogenated alkanes) is 1. The summed E-state index contributed by atoms with van der Waals surface area (Å²) in [5, 5.41) is 4.31. The summed E-state index contributed by atoms with van der Waals surface area (Å²) in [5.41, 5.74) is 7.53.